The summed E-state index contributed by atoms with van der Waals surface area (Å²) < 4.78 is 18.6. The summed E-state index contributed by atoms with van der Waals surface area (Å²) in [6.45, 7) is 0.294. The number of phenols is 1. The van der Waals surface area contributed by atoms with Crippen LogP contribution in [0.3, 0.4) is 0 Å². The number of carbonyl (C=O) groups excluding carboxylic acids is 1. The molecule has 0 aliphatic rings. The average molecular weight is 276 g/mol. The molecule has 0 unspecified atom stereocenters. The molecule has 90 valence electrons. The quantitative estimate of drug-likeness (QED) is 0.688. The van der Waals surface area contributed by atoms with Crippen LogP contribution in [-0.4, -0.2) is 40.9 Å². The average Bonchev–Trinajstić information content (AvgIpc) is 2.79. The predicted molar refractivity (Wildman–Crippen MR) is 69.3 cm³/mol. The molecule has 0 aliphatic carbocycles. The molecule has 0 bridgehead atoms. The van der Waals surface area contributed by atoms with Crippen LogP contribution in [0.5, 0.6) is 11.5 Å². The van der Waals surface area contributed by atoms with E-state index in [9.17, 15) is 14.3 Å². The molecule has 1 aromatic heterocycles. The van der Waals surface area contributed by atoms with Gasteiger partial charge in [0.1, 0.15) is 23.9 Å². The van der Waals surface area contributed by atoms with Crippen molar-refractivity contribution in [1.29, 1.82) is 0 Å². The number of thiophene rings is 1. The second-order valence-corrected chi connectivity index (χ2v) is 4.16. The number of ether oxygens (including phenoxy) is 1. The van der Waals surface area contributed by atoms with Gasteiger partial charge in [-0.3, -0.25) is 4.79 Å². The zero-order chi connectivity index (χ0) is 12.3. The van der Waals surface area contributed by atoms with Gasteiger partial charge < -0.3 is 9.84 Å². The van der Waals surface area contributed by atoms with Gasteiger partial charge in [0, 0.05) is 12.1 Å². The summed E-state index contributed by atoms with van der Waals surface area (Å²) in [5, 5.41) is 13.2. The molecule has 1 aromatic carbocycles. The molecule has 0 spiro atoms. The molecule has 0 fully saturated rings. The van der Waals surface area contributed by atoms with E-state index in [0.717, 1.165) is 11.6 Å². The van der Waals surface area contributed by atoms with Crippen molar-refractivity contribution in [1.82, 2.24) is 0 Å². The van der Waals surface area contributed by atoms with Gasteiger partial charge in [-0.2, -0.15) is 11.3 Å². The summed E-state index contributed by atoms with van der Waals surface area (Å²) >= 11 is 1.54. The fourth-order valence-electron chi connectivity index (χ4n) is 1.32. The van der Waals surface area contributed by atoms with Crippen molar-refractivity contribution in [2.75, 3.05) is 0 Å². The van der Waals surface area contributed by atoms with E-state index in [1.165, 1.54) is 17.4 Å². The van der Waals surface area contributed by atoms with Crippen LogP contribution in [0.2, 0.25) is 0 Å². The van der Waals surface area contributed by atoms with Crippen molar-refractivity contribution in [2.24, 2.45) is 0 Å². The third kappa shape index (κ3) is 3.55. The molecule has 2 aromatic rings. The fraction of sp³-hybridized carbons (Fsp3) is 0.0833. The predicted octanol–water partition coefficient (Wildman–Crippen LogP) is 2.34. The van der Waals surface area contributed by atoms with Gasteiger partial charge in [0.05, 0.1) is 5.56 Å². The van der Waals surface area contributed by atoms with E-state index in [1.54, 1.807) is 0 Å². The van der Waals surface area contributed by atoms with E-state index in [0.29, 0.717) is 6.61 Å². The second kappa shape index (κ2) is 6.89. The Labute approximate surface area is 130 Å². The van der Waals surface area contributed by atoms with Crippen molar-refractivity contribution < 1.29 is 19.0 Å². The summed E-state index contributed by atoms with van der Waals surface area (Å²) in [5.74, 6) is -1.02. The first-order chi connectivity index (χ1) is 8.20. The van der Waals surface area contributed by atoms with Crippen molar-refractivity contribution in [3.63, 3.8) is 0 Å². The molecule has 2 rings (SSSR count). The molecule has 0 aliphatic heterocycles. The van der Waals surface area contributed by atoms with Crippen molar-refractivity contribution in [3.8, 4) is 11.5 Å². The summed E-state index contributed by atoms with van der Waals surface area (Å²) in [6, 6.07) is 4.19. The Balaban J connectivity index is 0.00000162. The zero-order valence-electron chi connectivity index (χ0n) is 8.72. The summed E-state index contributed by atoms with van der Waals surface area (Å²) in [4.78, 5) is 10.5. The van der Waals surface area contributed by atoms with Crippen molar-refractivity contribution in [3.05, 3.63) is 45.9 Å². The molecule has 1 N–H and O–H groups in total. The van der Waals surface area contributed by atoms with E-state index in [4.69, 9.17) is 4.74 Å². The van der Waals surface area contributed by atoms with Crippen LogP contribution in [0.15, 0.2) is 29.0 Å². The van der Waals surface area contributed by atoms with E-state index in [2.05, 4.69) is 0 Å². The standard InChI is InChI=1S/C12H9FO3S.Na.H/c13-11-3-9(4-12(15)10(11)5-14)16-6-8-1-2-17-7-8;;/h1-5,7,15H,6H2;;. The van der Waals surface area contributed by atoms with E-state index in [1.807, 2.05) is 16.8 Å². The maximum absolute atomic E-state index is 13.3. The fourth-order valence-corrected chi connectivity index (χ4v) is 1.97. The van der Waals surface area contributed by atoms with Crippen LogP contribution in [-0.2, 0) is 6.61 Å². The zero-order valence-corrected chi connectivity index (χ0v) is 9.54. The number of aldehydes is 1. The van der Waals surface area contributed by atoms with Crippen LogP contribution in [0.1, 0.15) is 15.9 Å². The van der Waals surface area contributed by atoms with E-state index in [-0.39, 0.29) is 47.2 Å². The van der Waals surface area contributed by atoms with Crippen LogP contribution in [0.4, 0.5) is 4.39 Å². The second-order valence-electron chi connectivity index (χ2n) is 3.38. The molecule has 0 amide bonds. The molecule has 0 saturated heterocycles. The van der Waals surface area contributed by atoms with Gasteiger partial charge in [-0.25, -0.2) is 4.39 Å². The van der Waals surface area contributed by atoms with E-state index >= 15 is 0 Å². The summed E-state index contributed by atoms with van der Waals surface area (Å²) in [7, 11) is 0. The van der Waals surface area contributed by atoms with Gasteiger partial charge in [0.2, 0.25) is 0 Å². The molecule has 0 radical (unpaired) electrons. The molecule has 18 heavy (non-hydrogen) atoms. The Kier molecular flexibility index (Phi) is 5.81. The number of phenolic OH excluding ortho intramolecular Hbond substituents is 1. The third-order valence-corrected chi connectivity index (χ3v) is 2.92. The Bertz CT molecular complexity index is 505. The SMILES string of the molecule is O=Cc1c(O)cc(OCc2ccsc2)cc1F.[NaH]. The monoisotopic (exact) mass is 276 g/mol. The molecule has 0 atom stereocenters. The first-order valence-corrected chi connectivity index (χ1v) is 5.76. The Morgan fingerprint density at radius 1 is 1.44 bits per heavy atom. The Hall–Kier alpha value is -0.880. The summed E-state index contributed by atoms with van der Waals surface area (Å²) in [5.41, 5.74) is 0.613. The molecule has 6 heteroatoms. The normalized spacial score (nSPS) is 9.61. The van der Waals surface area contributed by atoms with Crippen LogP contribution in [0, 0.1) is 5.82 Å². The number of aromatic hydroxyl groups is 1. The first-order valence-electron chi connectivity index (χ1n) is 4.82. The van der Waals surface area contributed by atoms with Gasteiger partial charge in [-0.15, -0.1) is 0 Å². The number of hydrogen-bond acceptors (Lipinski definition) is 4. The number of benzene rings is 1. The summed E-state index contributed by atoms with van der Waals surface area (Å²) in [6.07, 6.45) is 0.271. The van der Waals surface area contributed by atoms with Gasteiger partial charge >= 0.3 is 29.6 Å². The van der Waals surface area contributed by atoms with Gasteiger partial charge in [0.25, 0.3) is 0 Å². The van der Waals surface area contributed by atoms with Crippen molar-refractivity contribution >= 4 is 47.2 Å². The van der Waals surface area contributed by atoms with Gasteiger partial charge in [-0.05, 0) is 22.4 Å². The van der Waals surface area contributed by atoms with Gasteiger partial charge in [-0.1, -0.05) is 0 Å². The third-order valence-electron chi connectivity index (χ3n) is 2.18. The molecular formula is C12H10FNaO3S. The number of halogens is 1. The Morgan fingerprint density at radius 2 is 2.22 bits per heavy atom. The molecule has 3 nitrogen and oxygen atoms in total. The first kappa shape index (κ1) is 15.2. The Morgan fingerprint density at radius 3 is 2.78 bits per heavy atom. The van der Waals surface area contributed by atoms with Crippen LogP contribution >= 0.6 is 11.3 Å². The van der Waals surface area contributed by atoms with Crippen LogP contribution < -0.4 is 4.74 Å². The maximum atomic E-state index is 13.3. The molecule has 1 heterocycles. The number of carbonyl (C=O) groups is 1. The number of hydrogen-bond donors (Lipinski definition) is 1. The molecular weight excluding hydrogens is 266 g/mol. The van der Waals surface area contributed by atoms with Crippen LogP contribution in [0.25, 0.3) is 0 Å². The van der Waals surface area contributed by atoms with E-state index < -0.39 is 11.6 Å². The van der Waals surface area contributed by atoms with Gasteiger partial charge in [0.15, 0.2) is 6.29 Å². The number of rotatable bonds is 4. The minimum absolute atomic E-state index is 0. The molecule has 0 saturated carbocycles. The minimum atomic E-state index is -0.791. The topological polar surface area (TPSA) is 46.5 Å². The van der Waals surface area contributed by atoms with Crippen molar-refractivity contribution in [2.45, 2.75) is 6.61 Å².